The Labute approximate surface area is 91.6 Å². The van der Waals surface area contributed by atoms with Gasteiger partial charge in [-0.25, -0.2) is 0 Å². The Kier molecular flexibility index (Phi) is 4.62. The zero-order valence-electron chi connectivity index (χ0n) is 10.1. The zero-order valence-corrected chi connectivity index (χ0v) is 10.1. The maximum atomic E-state index is 5.30. The van der Waals surface area contributed by atoms with Crippen LogP contribution in [0.1, 0.15) is 19.5 Å². The topological polar surface area (TPSA) is 39.1 Å². The van der Waals surface area contributed by atoms with Gasteiger partial charge >= 0.3 is 0 Å². The lowest BCUT2D eigenvalue weighted by Crippen LogP contribution is -2.19. The van der Waals surface area contributed by atoms with E-state index < -0.39 is 0 Å². The summed E-state index contributed by atoms with van der Waals surface area (Å²) in [6.45, 7) is 6.23. The second kappa shape index (κ2) is 5.75. The minimum absolute atomic E-state index is 0.589. The maximum absolute atomic E-state index is 5.30. The van der Waals surface area contributed by atoms with Gasteiger partial charge in [0.15, 0.2) is 5.75 Å². The highest BCUT2D eigenvalue weighted by Crippen LogP contribution is 2.20. The van der Waals surface area contributed by atoms with E-state index in [1.807, 2.05) is 11.7 Å². The molecule has 0 aromatic carbocycles. The molecule has 0 aliphatic heterocycles. The maximum Gasteiger partial charge on any atom is 0.159 e. The van der Waals surface area contributed by atoms with E-state index in [2.05, 4.69) is 24.3 Å². The van der Waals surface area contributed by atoms with Crippen molar-refractivity contribution in [2.75, 3.05) is 20.7 Å². The van der Waals surface area contributed by atoms with Gasteiger partial charge in [0.2, 0.25) is 0 Å². The average Bonchev–Trinajstić information content (AvgIpc) is 2.60. The van der Waals surface area contributed by atoms with Crippen LogP contribution >= 0.6 is 0 Å². The Balaban J connectivity index is 2.76. The molecule has 1 rings (SSSR count). The molecule has 0 radical (unpaired) electrons. The molecule has 86 valence electrons. The van der Waals surface area contributed by atoms with Crippen LogP contribution in [-0.2, 0) is 13.0 Å². The average molecular weight is 211 g/mol. The van der Waals surface area contributed by atoms with Gasteiger partial charge in [-0.1, -0.05) is 6.92 Å². The summed E-state index contributed by atoms with van der Waals surface area (Å²) >= 11 is 0. The smallest absolute Gasteiger partial charge is 0.159 e. The molecule has 1 aromatic rings. The van der Waals surface area contributed by atoms with Crippen molar-refractivity contribution in [1.29, 1.82) is 0 Å². The first-order valence-electron chi connectivity index (χ1n) is 5.46. The van der Waals surface area contributed by atoms with E-state index in [1.54, 1.807) is 13.3 Å². The fraction of sp³-hybridized carbons (Fsp3) is 0.727. The Morgan fingerprint density at radius 2 is 2.33 bits per heavy atom. The Morgan fingerprint density at radius 1 is 1.60 bits per heavy atom. The largest absolute Gasteiger partial charge is 0.493 e. The lowest BCUT2D eigenvalue weighted by atomic mass is 10.1. The van der Waals surface area contributed by atoms with Crippen LogP contribution in [0.5, 0.6) is 5.75 Å². The Morgan fingerprint density at radius 3 is 2.87 bits per heavy atom. The third-order valence-electron chi connectivity index (χ3n) is 2.52. The second-order valence-corrected chi connectivity index (χ2v) is 3.84. The van der Waals surface area contributed by atoms with Crippen LogP contribution in [0.3, 0.4) is 0 Å². The highest BCUT2D eigenvalue weighted by molar-refractivity contribution is 5.25. The lowest BCUT2D eigenvalue weighted by Gasteiger charge is -2.13. The highest BCUT2D eigenvalue weighted by atomic mass is 16.5. The van der Waals surface area contributed by atoms with Gasteiger partial charge in [0.05, 0.1) is 19.0 Å². The van der Waals surface area contributed by atoms with Crippen LogP contribution in [0, 0.1) is 5.92 Å². The summed E-state index contributed by atoms with van der Waals surface area (Å²) < 4.78 is 7.31. The van der Waals surface area contributed by atoms with Gasteiger partial charge in [-0.05, 0) is 32.9 Å². The van der Waals surface area contributed by atoms with Crippen molar-refractivity contribution in [3.05, 3.63) is 11.9 Å². The number of hydrogen-bond donors (Lipinski definition) is 1. The molecule has 1 atom stereocenters. The number of rotatable bonds is 6. The molecule has 0 bridgehead atoms. The van der Waals surface area contributed by atoms with E-state index in [4.69, 9.17) is 4.74 Å². The molecule has 0 spiro atoms. The first kappa shape index (κ1) is 12.0. The molecule has 0 amide bonds. The number of aryl methyl sites for hydroxylation is 1. The monoisotopic (exact) mass is 211 g/mol. The first-order chi connectivity index (χ1) is 7.22. The Bertz CT molecular complexity index is 275. The van der Waals surface area contributed by atoms with Crippen molar-refractivity contribution >= 4 is 0 Å². The molecular weight excluding hydrogens is 190 g/mol. The molecule has 4 heteroatoms. The molecule has 0 aliphatic rings. The lowest BCUT2D eigenvalue weighted by molar-refractivity contribution is 0.400. The van der Waals surface area contributed by atoms with Crippen LogP contribution in [0.2, 0.25) is 0 Å². The molecule has 0 aliphatic carbocycles. The number of aromatic nitrogens is 2. The predicted octanol–water partition coefficient (Wildman–Crippen LogP) is 1.31. The molecule has 15 heavy (non-hydrogen) atoms. The third kappa shape index (κ3) is 2.96. The van der Waals surface area contributed by atoms with Crippen molar-refractivity contribution in [1.82, 2.24) is 15.1 Å². The molecular formula is C11H21N3O. The van der Waals surface area contributed by atoms with Crippen LogP contribution in [0.25, 0.3) is 0 Å². The SMILES string of the molecule is CCn1ncc(OC)c1CC(C)CNC. The van der Waals surface area contributed by atoms with Gasteiger partial charge in [-0.2, -0.15) is 5.10 Å². The van der Waals surface area contributed by atoms with E-state index in [0.717, 1.165) is 25.3 Å². The van der Waals surface area contributed by atoms with Crippen LogP contribution < -0.4 is 10.1 Å². The number of nitrogens with one attached hydrogen (secondary N) is 1. The van der Waals surface area contributed by atoms with Crippen molar-refractivity contribution < 1.29 is 4.74 Å². The van der Waals surface area contributed by atoms with E-state index in [0.29, 0.717) is 5.92 Å². The fourth-order valence-electron chi connectivity index (χ4n) is 1.79. The van der Waals surface area contributed by atoms with Crippen molar-refractivity contribution in [3.8, 4) is 5.75 Å². The van der Waals surface area contributed by atoms with E-state index in [-0.39, 0.29) is 0 Å². The number of ether oxygens (including phenoxy) is 1. The number of methoxy groups -OCH3 is 1. The van der Waals surface area contributed by atoms with Crippen LogP contribution in [-0.4, -0.2) is 30.5 Å². The minimum atomic E-state index is 0.589. The summed E-state index contributed by atoms with van der Waals surface area (Å²) in [6, 6.07) is 0. The molecule has 1 aromatic heterocycles. The first-order valence-corrected chi connectivity index (χ1v) is 5.46. The van der Waals surface area contributed by atoms with Gasteiger partial charge < -0.3 is 10.1 Å². The third-order valence-corrected chi connectivity index (χ3v) is 2.52. The standard InChI is InChI=1S/C11H21N3O/c1-5-14-10(6-9(2)7-12-3)11(15-4)8-13-14/h8-9,12H,5-7H2,1-4H3. The van der Waals surface area contributed by atoms with Gasteiger partial charge in [0, 0.05) is 6.54 Å². The quantitative estimate of drug-likeness (QED) is 0.771. The molecule has 0 fully saturated rings. The molecule has 1 N–H and O–H groups in total. The molecule has 1 unspecified atom stereocenters. The van der Waals surface area contributed by atoms with E-state index in [1.165, 1.54) is 5.69 Å². The number of nitrogens with zero attached hydrogens (tertiary/aromatic N) is 2. The summed E-state index contributed by atoms with van der Waals surface area (Å²) in [5.74, 6) is 1.49. The second-order valence-electron chi connectivity index (χ2n) is 3.84. The summed E-state index contributed by atoms with van der Waals surface area (Å²) in [5, 5.41) is 7.47. The summed E-state index contributed by atoms with van der Waals surface area (Å²) in [6.07, 6.45) is 2.79. The van der Waals surface area contributed by atoms with Crippen LogP contribution in [0.15, 0.2) is 6.20 Å². The van der Waals surface area contributed by atoms with Crippen molar-refractivity contribution in [2.24, 2.45) is 5.92 Å². The summed E-state index contributed by atoms with van der Waals surface area (Å²) in [5.41, 5.74) is 1.20. The van der Waals surface area contributed by atoms with Gasteiger partial charge in [-0.3, -0.25) is 4.68 Å². The fourth-order valence-corrected chi connectivity index (χ4v) is 1.79. The van der Waals surface area contributed by atoms with Gasteiger partial charge in [-0.15, -0.1) is 0 Å². The van der Waals surface area contributed by atoms with Crippen molar-refractivity contribution in [2.45, 2.75) is 26.8 Å². The number of hydrogen-bond acceptors (Lipinski definition) is 3. The Hall–Kier alpha value is -1.03. The van der Waals surface area contributed by atoms with Gasteiger partial charge in [0.25, 0.3) is 0 Å². The molecule has 0 saturated carbocycles. The van der Waals surface area contributed by atoms with Gasteiger partial charge in [0.1, 0.15) is 0 Å². The normalized spacial score (nSPS) is 12.8. The van der Waals surface area contributed by atoms with Crippen molar-refractivity contribution in [3.63, 3.8) is 0 Å². The molecule has 0 saturated heterocycles. The summed E-state index contributed by atoms with van der Waals surface area (Å²) in [4.78, 5) is 0. The van der Waals surface area contributed by atoms with Crippen LogP contribution in [0.4, 0.5) is 0 Å². The zero-order chi connectivity index (χ0) is 11.3. The molecule has 4 nitrogen and oxygen atoms in total. The molecule has 1 heterocycles. The highest BCUT2D eigenvalue weighted by Gasteiger charge is 2.13. The predicted molar refractivity (Wildman–Crippen MR) is 61.2 cm³/mol. The van der Waals surface area contributed by atoms with E-state index >= 15 is 0 Å². The summed E-state index contributed by atoms with van der Waals surface area (Å²) in [7, 11) is 3.67. The van der Waals surface area contributed by atoms with E-state index in [9.17, 15) is 0 Å². The minimum Gasteiger partial charge on any atom is -0.493 e.